The third-order valence-electron chi connectivity index (χ3n) is 1.52. The van der Waals surface area contributed by atoms with E-state index in [1.165, 1.54) is 13.5 Å². The number of carbonyl (C=O) groups excluding carboxylic acids is 1. The number of alkyl halides is 3. The van der Waals surface area contributed by atoms with Crippen molar-refractivity contribution in [2.45, 2.75) is 19.0 Å². The van der Waals surface area contributed by atoms with Crippen LogP contribution in [-0.4, -0.2) is 30.4 Å². The predicted molar refractivity (Wildman–Crippen MR) is 32.6 cm³/mol. The largest absolute Gasteiger partial charge is 0.524 e. The topological polar surface area (TPSA) is 29.5 Å². The normalized spacial score (nSPS) is 25.2. The minimum Gasteiger partial charge on any atom is -0.319 e. The van der Waals surface area contributed by atoms with Crippen molar-refractivity contribution in [2.75, 3.05) is 7.05 Å². The Hall–Kier alpha value is -0.780. The molecule has 1 atom stereocenters. The Morgan fingerprint density at radius 1 is 1.67 bits per heavy atom. The van der Waals surface area contributed by atoms with Crippen molar-refractivity contribution in [3.63, 3.8) is 0 Å². The Kier molecular flexibility index (Phi) is 2.27. The smallest absolute Gasteiger partial charge is 0.319 e. The van der Waals surface area contributed by atoms with Crippen LogP contribution in [0.25, 0.3) is 0 Å². The van der Waals surface area contributed by atoms with E-state index in [4.69, 9.17) is 0 Å². The molecule has 1 saturated heterocycles. The quantitative estimate of drug-likeness (QED) is 0.603. The van der Waals surface area contributed by atoms with Gasteiger partial charge in [0.15, 0.2) is 0 Å². The number of carbonyl (C=O) groups is 1. The molecule has 0 aromatic carbocycles. The molecule has 3 nitrogen and oxygen atoms in total. The first-order valence-corrected chi connectivity index (χ1v) is 3.24. The van der Waals surface area contributed by atoms with Gasteiger partial charge in [0.05, 0.1) is 0 Å². The Morgan fingerprint density at radius 3 is 2.58 bits per heavy atom. The van der Waals surface area contributed by atoms with Crippen LogP contribution in [0.3, 0.4) is 0 Å². The maximum Gasteiger partial charge on any atom is 0.524 e. The van der Waals surface area contributed by atoms with Crippen molar-refractivity contribution in [1.82, 2.24) is 4.90 Å². The van der Waals surface area contributed by atoms with E-state index in [-0.39, 0.29) is 12.3 Å². The molecule has 1 heterocycles. The fourth-order valence-electron chi connectivity index (χ4n) is 0.910. The van der Waals surface area contributed by atoms with Crippen LogP contribution in [0.1, 0.15) is 6.42 Å². The zero-order valence-corrected chi connectivity index (χ0v) is 6.26. The lowest BCUT2D eigenvalue weighted by Gasteiger charge is -2.20. The zero-order chi connectivity index (χ0) is 9.35. The van der Waals surface area contributed by atoms with E-state index in [0.717, 1.165) is 4.90 Å². The van der Waals surface area contributed by atoms with Gasteiger partial charge in [0.1, 0.15) is 6.23 Å². The van der Waals surface area contributed by atoms with Gasteiger partial charge in [-0.1, -0.05) is 0 Å². The third-order valence-corrected chi connectivity index (χ3v) is 1.52. The summed E-state index contributed by atoms with van der Waals surface area (Å²) in [4.78, 5) is 11.6. The fraction of sp³-hybridized carbons (Fsp3) is 0.667. The van der Waals surface area contributed by atoms with E-state index in [1.807, 2.05) is 0 Å². The number of halogens is 3. The second-order valence-corrected chi connectivity index (χ2v) is 2.40. The summed E-state index contributed by atoms with van der Waals surface area (Å²) in [5.74, 6) is -0.371. The Labute approximate surface area is 67.1 Å². The van der Waals surface area contributed by atoms with E-state index >= 15 is 0 Å². The number of nitrogens with zero attached hydrogens (tertiary/aromatic N) is 1. The highest BCUT2D eigenvalue weighted by Gasteiger charge is 2.39. The second-order valence-electron chi connectivity index (χ2n) is 2.40. The molecule has 1 radical (unpaired) electrons. The molecule has 0 bridgehead atoms. The Bertz CT molecular complexity index is 192. The van der Waals surface area contributed by atoms with E-state index in [1.54, 1.807) is 0 Å². The van der Waals surface area contributed by atoms with Crippen LogP contribution in [0.15, 0.2) is 0 Å². The summed E-state index contributed by atoms with van der Waals surface area (Å²) in [5.41, 5.74) is 0. The highest BCUT2D eigenvalue weighted by Crippen LogP contribution is 2.25. The lowest BCUT2D eigenvalue weighted by atomic mass is 10.3. The molecule has 69 valence electrons. The second kappa shape index (κ2) is 2.93. The van der Waals surface area contributed by atoms with Crippen molar-refractivity contribution in [2.24, 2.45) is 0 Å². The minimum atomic E-state index is -4.69. The summed E-state index contributed by atoms with van der Waals surface area (Å²) in [6.45, 7) is 0. The number of amides is 1. The molecule has 0 N–H and O–H groups in total. The van der Waals surface area contributed by atoms with Gasteiger partial charge in [-0.15, -0.1) is 13.2 Å². The van der Waals surface area contributed by atoms with Gasteiger partial charge in [0, 0.05) is 19.9 Å². The molecule has 1 unspecified atom stereocenters. The summed E-state index contributed by atoms with van der Waals surface area (Å²) in [5, 5.41) is 0. The van der Waals surface area contributed by atoms with Gasteiger partial charge in [-0.3, -0.25) is 9.53 Å². The number of ether oxygens (including phenoxy) is 1. The first kappa shape index (κ1) is 9.31. The number of rotatable bonds is 1. The Morgan fingerprint density at radius 2 is 2.25 bits per heavy atom. The summed E-state index contributed by atoms with van der Waals surface area (Å²) < 4.78 is 38.5. The first-order chi connectivity index (χ1) is 5.40. The first-order valence-electron chi connectivity index (χ1n) is 3.24. The predicted octanol–water partition coefficient (Wildman–Crippen LogP) is 0.915. The standard InChI is InChI=1S/C6H7F3NO2/c1-10-4(11)2-3-5(10)12-6(7,8)9/h3,5H,2H2,1H3. The van der Waals surface area contributed by atoms with Gasteiger partial charge < -0.3 is 4.90 Å². The molecule has 1 amide bonds. The van der Waals surface area contributed by atoms with Gasteiger partial charge in [-0.2, -0.15) is 0 Å². The molecular weight excluding hydrogens is 175 g/mol. The molecule has 0 saturated carbocycles. The van der Waals surface area contributed by atoms with Crippen LogP contribution in [0.2, 0.25) is 0 Å². The third kappa shape index (κ3) is 2.10. The van der Waals surface area contributed by atoms with Crippen molar-refractivity contribution >= 4 is 5.91 Å². The summed E-state index contributed by atoms with van der Waals surface area (Å²) in [6, 6.07) is 0. The average Bonchev–Trinajstić information content (AvgIpc) is 2.16. The van der Waals surface area contributed by atoms with E-state index < -0.39 is 12.6 Å². The molecule has 0 aromatic heterocycles. The van der Waals surface area contributed by atoms with Crippen LogP contribution >= 0.6 is 0 Å². The van der Waals surface area contributed by atoms with Gasteiger partial charge >= 0.3 is 6.36 Å². The molecule has 12 heavy (non-hydrogen) atoms. The molecule has 0 aliphatic carbocycles. The molecule has 6 heteroatoms. The zero-order valence-electron chi connectivity index (χ0n) is 6.26. The molecule has 0 aromatic rings. The summed E-state index contributed by atoms with van der Waals surface area (Å²) in [7, 11) is 1.27. The van der Waals surface area contributed by atoms with Gasteiger partial charge in [-0.25, -0.2) is 0 Å². The number of hydrogen-bond acceptors (Lipinski definition) is 2. The molecular formula is C6H7F3NO2. The van der Waals surface area contributed by atoms with Crippen LogP contribution in [0.5, 0.6) is 0 Å². The van der Waals surface area contributed by atoms with Gasteiger partial charge in [-0.05, 0) is 0 Å². The molecule has 1 fully saturated rings. The number of hydrogen-bond donors (Lipinski definition) is 0. The van der Waals surface area contributed by atoms with Gasteiger partial charge in [0.25, 0.3) is 0 Å². The summed E-state index contributed by atoms with van der Waals surface area (Å²) in [6.07, 6.45) is -4.79. The van der Waals surface area contributed by atoms with E-state index in [9.17, 15) is 18.0 Å². The molecule has 1 aliphatic heterocycles. The van der Waals surface area contributed by atoms with Crippen molar-refractivity contribution < 1.29 is 22.7 Å². The van der Waals surface area contributed by atoms with Crippen LogP contribution < -0.4 is 0 Å². The van der Waals surface area contributed by atoms with Crippen molar-refractivity contribution in [1.29, 1.82) is 0 Å². The summed E-state index contributed by atoms with van der Waals surface area (Å²) >= 11 is 0. The average molecular weight is 182 g/mol. The lowest BCUT2D eigenvalue weighted by Crippen LogP contribution is -2.35. The van der Waals surface area contributed by atoms with Gasteiger partial charge in [0.2, 0.25) is 5.91 Å². The number of likely N-dealkylation sites (tertiary alicyclic amines) is 1. The monoisotopic (exact) mass is 182 g/mol. The Balaban J connectivity index is 2.50. The lowest BCUT2D eigenvalue weighted by molar-refractivity contribution is -0.348. The van der Waals surface area contributed by atoms with Crippen molar-refractivity contribution in [3.8, 4) is 0 Å². The van der Waals surface area contributed by atoms with Crippen LogP contribution in [-0.2, 0) is 9.53 Å². The SMILES string of the molecule is CN1C(=O)C[CH]C1OC(F)(F)F. The molecule has 1 aliphatic rings. The van der Waals surface area contributed by atoms with Crippen molar-refractivity contribution in [3.05, 3.63) is 6.42 Å². The van der Waals surface area contributed by atoms with E-state index in [2.05, 4.69) is 4.74 Å². The molecule has 1 rings (SSSR count). The van der Waals surface area contributed by atoms with Crippen LogP contribution in [0.4, 0.5) is 13.2 Å². The maximum absolute atomic E-state index is 11.6. The van der Waals surface area contributed by atoms with E-state index in [0.29, 0.717) is 0 Å². The highest BCUT2D eigenvalue weighted by atomic mass is 19.4. The fourth-order valence-corrected chi connectivity index (χ4v) is 0.910. The highest BCUT2D eigenvalue weighted by molar-refractivity contribution is 5.80. The minimum absolute atomic E-state index is 0.00273. The molecule has 0 spiro atoms. The maximum atomic E-state index is 11.6. The van der Waals surface area contributed by atoms with Crippen LogP contribution in [0, 0.1) is 6.42 Å².